The maximum Gasteiger partial charge on any atom is 0.262 e. The van der Waals surface area contributed by atoms with Crippen LogP contribution in [0.25, 0.3) is 10.2 Å². The molecule has 118 valence electrons. The Morgan fingerprint density at radius 3 is 2.77 bits per heavy atom. The van der Waals surface area contributed by atoms with Gasteiger partial charge >= 0.3 is 0 Å². The highest BCUT2D eigenvalue weighted by Crippen LogP contribution is 2.21. The molecule has 0 radical (unpaired) electrons. The van der Waals surface area contributed by atoms with Gasteiger partial charge in [-0.2, -0.15) is 0 Å². The molecule has 3 rings (SSSR count). The first-order chi connectivity index (χ1) is 10.7. The largest absolute Gasteiger partial charge is 0.342 e. The van der Waals surface area contributed by atoms with Gasteiger partial charge in [-0.1, -0.05) is 24.6 Å². The van der Waals surface area contributed by atoms with Crippen molar-refractivity contribution in [3.63, 3.8) is 0 Å². The first kappa shape index (κ1) is 15.6. The van der Waals surface area contributed by atoms with Crippen LogP contribution in [0.5, 0.6) is 0 Å². The van der Waals surface area contributed by atoms with Crippen LogP contribution in [0.1, 0.15) is 25.7 Å². The zero-order valence-electron chi connectivity index (χ0n) is 12.6. The van der Waals surface area contributed by atoms with Gasteiger partial charge in [0.05, 0.1) is 11.1 Å². The Morgan fingerprint density at radius 2 is 2.05 bits per heavy atom. The van der Waals surface area contributed by atoms with Crippen LogP contribution in [0.15, 0.2) is 21.4 Å². The molecule has 1 saturated heterocycles. The summed E-state index contributed by atoms with van der Waals surface area (Å²) in [5, 5.41) is 3.13. The molecule has 1 aliphatic heterocycles. The molecular weight excluding hydrogens is 318 g/mol. The third-order valence-electron chi connectivity index (χ3n) is 3.95. The Kier molecular flexibility index (Phi) is 4.83. The Morgan fingerprint density at radius 1 is 1.32 bits per heavy atom. The molecule has 1 fully saturated rings. The van der Waals surface area contributed by atoms with Gasteiger partial charge < -0.3 is 4.90 Å². The first-order valence-electron chi connectivity index (χ1n) is 7.51. The third kappa shape index (κ3) is 3.20. The molecule has 5 nitrogen and oxygen atoms in total. The molecule has 0 aliphatic carbocycles. The number of hydrogen-bond donors (Lipinski definition) is 0. The zero-order chi connectivity index (χ0) is 15.5. The van der Waals surface area contributed by atoms with Gasteiger partial charge in [0.15, 0.2) is 5.16 Å². The Balaban J connectivity index is 1.72. The number of fused-ring (bicyclic) bond motifs is 1. The number of nitrogens with zero attached hydrogens (tertiary/aromatic N) is 3. The van der Waals surface area contributed by atoms with E-state index >= 15 is 0 Å². The quantitative estimate of drug-likeness (QED) is 0.638. The van der Waals surface area contributed by atoms with Gasteiger partial charge in [0.2, 0.25) is 5.91 Å². The van der Waals surface area contributed by atoms with Gasteiger partial charge in [-0.15, -0.1) is 11.3 Å². The second-order valence-corrected chi connectivity index (χ2v) is 7.32. The summed E-state index contributed by atoms with van der Waals surface area (Å²) in [5.41, 5.74) is -0.0454. The molecular formula is C15H19N3O2S2. The summed E-state index contributed by atoms with van der Waals surface area (Å²) < 4.78 is 1.54. The number of carbonyl (C=O) groups is 1. The highest BCUT2D eigenvalue weighted by Gasteiger charge is 2.17. The molecule has 0 spiro atoms. The second kappa shape index (κ2) is 6.83. The van der Waals surface area contributed by atoms with Gasteiger partial charge in [-0.05, 0) is 24.3 Å². The summed E-state index contributed by atoms with van der Waals surface area (Å²) in [5.74, 6) is 0.490. The molecule has 0 N–H and O–H groups in total. The summed E-state index contributed by atoms with van der Waals surface area (Å²) in [4.78, 5) is 31.7. The molecule has 3 heterocycles. The van der Waals surface area contributed by atoms with Gasteiger partial charge in [-0.25, -0.2) is 4.98 Å². The van der Waals surface area contributed by atoms with Crippen molar-refractivity contribution < 1.29 is 4.79 Å². The molecule has 0 saturated carbocycles. The fourth-order valence-corrected chi connectivity index (χ4v) is 4.33. The molecule has 22 heavy (non-hydrogen) atoms. The Hall–Kier alpha value is -1.34. The number of rotatable bonds is 3. The standard InChI is InChI=1S/C15H19N3O2S2/c1-17-14(20)11-6-9-21-13(11)16-15(17)22-10-12(19)18-7-4-2-3-5-8-18/h6,9H,2-5,7-8,10H2,1H3. The number of carbonyl (C=O) groups excluding carboxylic acids is 1. The van der Waals surface area contributed by atoms with Crippen molar-refractivity contribution in [3.05, 3.63) is 21.8 Å². The van der Waals surface area contributed by atoms with E-state index in [-0.39, 0.29) is 11.5 Å². The molecule has 2 aromatic rings. The highest BCUT2D eigenvalue weighted by atomic mass is 32.2. The van der Waals surface area contributed by atoms with Gasteiger partial charge in [0.1, 0.15) is 4.83 Å². The molecule has 0 aromatic carbocycles. The molecule has 0 atom stereocenters. The van der Waals surface area contributed by atoms with E-state index in [1.807, 2.05) is 10.3 Å². The Bertz CT molecular complexity index is 730. The lowest BCUT2D eigenvalue weighted by atomic mass is 10.2. The molecule has 1 amide bonds. The minimum absolute atomic E-state index is 0.0454. The monoisotopic (exact) mass is 337 g/mol. The van der Waals surface area contributed by atoms with Crippen LogP contribution in [0, 0.1) is 0 Å². The van der Waals surface area contributed by atoms with E-state index in [0.717, 1.165) is 30.8 Å². The lowest BCUT2D eigenvalue weighted by Crippen LogP contribution is -2.33. The van der Waals surface area contributed by atoms with Crippen LogP contribution < -0.4 is 5.56 Å². The maximum absolute atomic E-state index is 12.3. The zero-order valence-corrected chi connectivity index (χ0v) is 14.2. The van der Waals surface area contributed by atoms with Crippen LogP contribution in [-0.4, -0.2) is 39.2 Å². The van der Waals surface area contributed by atoms with Crippen LogP contribution in [0.4, 0.5) is 0 Å². The topological polar surface area (TPSA) is 55.2 Å². The molecule has 2 aromatic heterocycles. The van der Waals surface area contributed by atoms with E-state index in [2.05, 4.69) is 4.98 Å². The van der Waals surface area contributed by atoms with Gasteiger partial charge in [0.25, 0.3) is 5.56 Å². The first-order valence-corrected chi connectivity index (χ1v) is 9.38. The van der Waals surface area contributed by atoms with E-state index in [1.54, 1.807) is 13.1 Å². The van der Waals surface area contributed by atoms with E-state index in [4.69, 9.17) is 0 Å². The van der Waals surface area contributed by atoms with Crippen molar-refractivity contribution in [1.29, 1.82) is 0 Å². The molecule has 0 unspecified atom stereocenters. The average molecular weight is 337 g/mol. The van der Waals surface area contributed by atoms with Crippen molar-refractivity contribution in [2.24, 2.45) is 7.05 Å². The summed E-state index contributed by atoms with van der Waals surface area (Å²) in [6.45, 7) is 1.71. The number of hydrogen-bond acceptors (Lipinski definition) is 5. The van der Waals surface area contributed by atoms with Crippen molar-refractivity contribution in [2.75, 3.05) is 18.8 Å². The Labute approximate surface area is 137 Å². The minimum atomic E-state index is -0.0454. The van der Waals surface area contributed by atoms with Crippen LogP contribution in [-0.2, 0) is 11.8 Å². The summed E-state index contributed by atoms with van der Waals surface area (Å²) in [7, 11) is 1.71. The highest BCUT2D eigenvalue weighted by molar-refractivity contribution is 7.99. The lowest BCUT2D eigenvalue weighted by Gasteiger charge is -2.20. The fraction of sp³-hybridized carbons (Fsp3) is 0.533. The molecule has 7 heteroatoms. The number of thiophene rings is 1. The molecule has 0 bridgehead atoms. The summed E-state index contributed by atoms with van der Waals surface area (Å²) >= 11 is 2.81. The predicted molar refractivity (Wildman–Crippen MR) is 90.6 cm³/mol. The number of amides is 1. The van der Waals surface area contributed by atoms with E-state index in [9.17, 15) is 9.59 Å². The van der Waals surface area contributed by atoms with E-state index in [0.29, 0.717) is 16.3 Å². The smallest absolute Gasteiger partial charge is 0.262 e. The van der Waals surface area contributed by atoms with Crippen molar-refractivity contribution in [3.8, 4) is 0 Å². The molecule has 1 aliphatic rings. The summed E-state index contributed by atoms with van der Waals surface area (Å²) in [6, 6.07) is 1.80. The van der Waals surface area contributed by atoms with Crippen molar-refractivity contribution >= 4 is 39.2 Å². The van der Waals surface area contributed by atoms with E-state index < -0.39 is 0 Å². The maximum atomic E-state index is 12.3. The van der Waals surface area contributed by atoms with E-state index in [1.165, 1.54) is 40.5 Å². The van der Waals surface area contributed by atoms with Crippen LogP contribution >= 0.6 is 23.1 Å². The SMILES string of the molecule is Cn1c(SCC(=O)N2CCCCCC2)nc2sccc2c1=O. The van der Waals surface area contributed by atoms with Crippen molar-refractivity contribution in [1.82, 2.24) is 14.5 Å². The van der Waals surface area contributed by atoms with Crippen LogP contribution in [0.3, 0.4) is 0 Å². The lowest BCUT2D eigenvalue weighted by molar-refractivity contribution is -0.128. The minimum Gasteiger partial charge on any atom is -0.342 e. The number of likely N-dealkylation sites (tertiary alicyclic amines) is 1. The summed E-state index contributed by atoms with van der Waals surface area (Å²) in [6.07, 6.45) is 4.60. The normalized spacial score (nSPS) is 16.0. The second-order valence-electron chi connectivity index (χ2n) is 5.48. The number of aromatic nitrogens is 2. The third-order valence-corrected chi connectivity index (χ3v) is 5.77. The predicted octanol–water partition coefficient (Wildman–Crippen LogP) is 2.49. The van der Waals surface area contributed by atoms with Crippen molar-refractivity contribution in [2.45, 2.75) is 30.8 Å². The number of thioether (sulfide) groups is 1. The van der Waals surface area contributed by atoms with Crippen LogP contribution in [0.2, 0.25) is 0 Å². The average Bonchev–Trinajstić information content (AvgIpc) is 2.81. The fourth-order valence-electron chi connectivity index (χ4n) is 2.65. The van der Waals surface area contributed by atoms with Gasteiger partial charge in [-0.3, -0.25) is 14.2 Å². The van der Waals surface area contributed by atoms with Gasteiger partial charge in [0, 0.05) is 20.1 Å².